The summed E-state index contributed by atoms with van der Waals surface area (Å²) < 4.78 is 0. The Morgan fingerprint density at radius 1 is 0.955 bits per heavy atom. The highest BCUT2D eigenvalue weighted by molar-refractivity contribution is 8.76. The molecular weight excluding hydrogens is 332 g/mol. The fourth-order valence-electron chi connectivity index (χ4n) is 1.60. The number of carbonyl (C=O) groups is 4. The van der Waals surface area contributed by atoms with E-state index in [2.05, 4.69) is 0 Å². The van der Waals surface area contributed by atoms with Gasteiger partial charge in [-0.05, 0) is 12.8 Å². The van der Waals surface area contributed by atoms with E-state index in [1.54, 1.807) is 0 Å². The molecule has 126 valence electrons. The summed E-state index contributed by atoms with van der Waals surface area (Å²) in [5, 5.41) is 17.7. The first-order chi connectivity index (χ1) is 10.2. The summed E-state index contributed by atoms with van der Waals surface area (Å²) in [4.78, 5) is 45.2. The molecule has 8 nitrogen and oxygen atoms in total. The van der Waals surface area contributed by atoms with Gasteiger partial charge in [-0.1, -0.05) is 21.6 Å². The number of amides is 2. The van der Waals surface area contributed by atoms with E-state index in [9.17, 15) is 19.2 Å². The molecule has 0 aliphatic heterocycles. The summed E-state index contributed by atoms with van der Waals surface area (Å²) in [5.41, 5.74) is 5.34. The normalized spacial score (nSPS) is 13.2. The smallest absolute Gasteiger partial charge is 0.326 e. The van der Waals surface area contributed by atoms with Crippen molar-refractivity contribution in [1.29, 1.82) is 0 Å². The quantitative estimate of drug-likeness (QED) is 0.377. The van der Waals surface area contributed by atoms with Crippen molar-refractivity contribution in [2.75, 3.05) is 11.5 Å². The molecule has 0 aliphatic rings. The number of hydrogen-bond acceptors (Lipinski definition) is 7. The summed E-state index contributed by atoms with van der Waals surface area (Å²) in [7, 11) is 2.72. The van der Waals surface area contributed by atoms with Gasteiger partial charge in [0, 0.05) is 25.4 Å². The van der Waals surface area contributed by atoms with Crippen LogP contribution in [0.3, 0.4) is 0 Å². The van der Waals surface area contributed by atoms with E-state index >= 15 is 0 Å². The highest BCUT2D eigenvalue weighted by Crippen LogP contribution is 2.24. The number of nitrogens with two attached hydrogens (primary N) is 1. The lowest BCUT2D eigenvalue weighted by molar-refractivity contribution is -0.156. The van der Waals surface area contributed by atoms with Crippen LogP contribution >= 0.6 is 21.6 Å². The first kappa shape index (κ1) is 20.7. The number of carbonyl (C=O) groups excluding carboxylic acids is 2. The zero-order chi connectivity index (χ0) is 17.3. The topological polar surface area (TPSA) is 138 Å². The number of carboxylic acids is 2. The average molecular weight is 352 g/mol. The molecule has 0 spiro atoms. The highest BCUT2D eigenvalue weighted by Gasteiger charge is 2.30. The SMILES string of the molecule is CC(=O)N(C(C)=O)[C@@H](CCSSCCC(N)C(=O)O)C(=O)O. The van der Waals surface area contributed by atoms with Crippen LogP contribution in [0.4, 0.5) is 0 Å². The Balaban J connectivity index is 4.23. The first-order valence-corrected chi connectivity index (χ1v) is 8.93. The Kier molecular flexibility index (Phi) is 9.86. The molecule has 1 unspecified atom stereocenters. The van der Waals surface area contributed by atoms with Crippen molar-refractivity contribution >= 4 is 45.3 Å². The minimum Gasteiger partial charge on any atom is -0.480 e. The third-order valence-corrected chi connectivity index (χ3v) is 5.13. The van der Waals surface area contributed by atoms with Crippen molar-refractivity contribution in [3.8, 4) is 0 Å². The highest BCUT2D eigenvalue weighted by atomic mass is 33.1. The maximum absolute atomic E-state index is 11.4. The fraction of sp³-hybridized carbons (Fsp3) is 0.667. The summed E-state index contributed by atoms with van der Waals surface area (Å²) in [6.07, 6.45) is 0.430. The number of rotatable bonds is 10. The molecule has 0 aliphatic carbocycles. The molecule has 0 aromatic heterocycles. The molecule has 0 rings (SSSR count). The number of nitrogens with zero attached hydrogens (tertiary/aromatic N) is 1. The van der Waals surface area contributed by atoms with Gasteiger partial charge in [-0.25, -0.2) is 4.79 Å². The predicted octanol–water partition coefficient (Wildman–Crippen LogP) is 0.408. The molecule has 0 radical (unpaired) electrons. The van der Waals surface area contributed by atoms with Crippen LogP contribution in [0.5, 0.6) is 0 Å². The van der Waals surface area contributed by atoms with Crippen LogP contribution in [0.2, 0.25) is 0 Å². The Morgan fingerprint density at radius 3 is 1.77 bits per heavy atom. The Bertz CT molecular complexity index is 418. The maximum atomic E-state index is 11.4. The molecule has 0 aromatic rings. The minimum atomic E-state index is -1.23. The minimum absolute atomic E-state index is 0.122. The fourth-order valence-corrected chi connectivity index (χ4v) is 3.79. The molecule has 0 saturated carbocycles. The number of carboxylic acid groups (broad SMARTS) is 2. The van der Waals surface area contributed by atoms with Crippen LogP contribution in [-0.2, 0) is 19.2 Å². The third kappa shape index (κ3) is 7.66. The van der Waals surface area contributed by atoms with Gasteiger partial charge in [-0.3, -0.25) is 19.3 Å². The second-order valence-electron chi connectivity index (χ2n) is 4.43. The summed E-state index contributed by atoms with van der Waals surface area (Å²) in [5.74, 6) is -2.59. The Morgan fingerprint density at radius 2 is 1.41 bits per heavy atom. The second kappa shape index (κ2) is 10.5. The summed E-state index contributed by atoms with van der Waals surface area (Å²) >= 11 is 0. The molecule has 0 aromatic carbocycles. The van der Waals surface area contributed by atoms with Crippen LogP contribution < -0.4 is 5.73 Å². The van der Waals surface area contributed by atoms with E-state index in [1.165, 1.54) is 21.6 Å². The number of aliphatic carboxylic acids is 2. The van der Waals surface area contributed by atoms with E-state index in [-0.39, 0.29) is 6.42 Å². The van der Waals surface area contributed by atoms with E-state index < -0.39 is 35.8 Å². The van der Waals surface area contributed by atoms with Crippen molar-refractivity contribution in [2.24, 2.45) is 5.73 Å². The van der Waals surface area contributed by atoms with Gasteiger partial charge in [0.25, 0.3) is 0 Å². The molecule has 10 heteroatoms. The standard InChI is InChI=1S/C12H20N2O6S2/c1-7(15)14(8(2)16)10(12(19)20)4-6-22-21-5-3-9(13)11(17)18/h9-10H,3-6,13H2,1-2H3,(H,17,18)(H,19,20)/t9?,10-/m0/s1. The van der Waals surface area contributed by atoms with Crippen molar-refractivity contribution in [3.05, 3.63) is 0 Å². The monoisotopic (exact) mass is 352 g/mol. The molecule has 0 fully saturated rings. The van der Waals surface area contributed by atoms with Crippen LogP contribution in [0, 0.1) is 0 Å². The zero-order valence-corrected chi connectivity index (χ0v) is 14.0. The van der Waals surface area contributed by atoms with Crippen molar-refractivity contribution in [1.82, 2.24) is 4.90 Å². The van der Waals surface area contributed by atoms with Crippen LogP contribution in [-0.4, -0.2) is 62.5 Å². The van der Waals surface area contributed by atoms with Gasteiger partial charge in [-0.2, -0.15) is 0 Å². The molecule has 4 N–H and O–H groups in total. The third-order valence-electron chi connectivity index (χ3n) is 2.66. The van der Waals surface area contributed by atoms with E-state index in [4.69, 9.17) is 15.9 Å². The van der Waals surface area contributed by atoms with E-state index in [0.29, 0.717) is 17.9 Å². The molecule has 0 heterocycles. The van der Waals surface area contributed by atoms with E-state index in [0.717, 1.165) is 18.7 Å². The lowest BCUT2D eigenvalue weighted by Gasteiger charge is -2.24. The lowest BCUT2D eigenvalue weighted by atomic mass is 10.2. The van der Waals surface area contributed by atoms with Crippen LogP contribution in [0.1, 0.15) is 26.7 Å². The van der Waals surface area contributed by atoms with Gasteiger partial charge < -0.3 is 15.9 Å². The van der Waals surface area contributed by atoms with Crippen molar-refractivity contribution in [2.45, 2.75) is 38.8 Å². The molecular formula is C12H20N2O6S2. The second-order valence-corrected chi connectivity index (χ2v) is 7.13. The summed E-state index contributed by atoms with van der Waals surface area (Å²) in [6.45, 7) is 2.29. The van der Waals surface area contributed by atoms with Gasteiger partial charge in [-0.15, -0.1) is 0 Å². The molecule has 0 saturated heterocycles. The van der Waals surface area contributed by atoms with Gasteiger partial charge in [0.05, 0.1) is 0 Å². The van der Waals surface area contributed by atoms with Gasteiger partial charge in [0.15, 0.2) is 0 Å². The Labute approximate surface area is 136 Å². The average Bonchev–Trinajstić information content (AvgIpc) is 2.39. The molecule has 2 amide bonds. The predicted molar refractivity (Wildman–Crippen MR) is 84.4 cm³/mol. The molecule has 0 bridgehead atoms. The van der Waals surface area contributed by atoms with E-state index in [1.807, 2.05) is 0 Å². The van der Waals surface area contributed by atoms with Crippen LogP contribution in [0.15, 0.2) is 0 Å². The first-order valence-electron chi connectivity index (χ1n) is 6.44. The van der Waals surface area contributed by atoms with Crippen molar-refractivity contribution < 1.29 is 29.4 Å². The number of imide groups is 1. The van der Waals surface area contributed by atoms with Gasteiger partial charge in [0.1, 0.15) is 12.1 Å². The lowest BCUT2D eigenvalue weighted by Crippen LogP contribution is -2.47. The van der Waals surface area contributed by atoms with Crippen LogP contribution in [0.25, 0.3) is 0 Å². The molecule has 22 heavy (non-hydrogen) atoms. The zero-order valence-electron chi connectivity index (χ0n) is 12.4. The van der Waals surface area contributed by atoms with Gasteiger partial charge >= 0.3 is 11.9 Å². The number of hydrogen-bond donors (Lipinski definition) is 3. The summed E-state index contributed by atoms with van der Waals surface area (Å²) in [6, 6.07) is -2.10. The van der Waals surface area contributed by atoms with Crippen molar-refractivity contribution in [3.63, 3.8) is 0 Å². The maximum Gasteiger partial charge on any atom is 0.326 e. The Hall–Kier alpha value is -1.26. The largest absolute Gasteiger partial charge is 0.480 e. The molecule has 2 atom stereocenters. The van der Waals surface area contributed by atoms with Gasteiger partial charge in [0.2, 0.25) is 11.8 Å².